The first kappa shape index (κ1) is 48.3. The van der Waals surface area contributed by atoms with E-state index < -0.39 is 20.2 Å². The second kappa shape index (κ2) is 19.3. The quantitative estimate of drug-likeness (QED) is 0.0718. The number of hydrogen-bond donors (Lipinski definition) is 2. The molecule has 0 bridgehead atoms. The van der Waals surface area contributed by atoms with Crippen LogP contribution in [-0.4, -0.2) is 99.0 Å². The molecule has 4 aliphatic rings. The van der Waals surface area contributed by atoms with E-state index in [2.05, 4.69) is 151 Å². The van der Waals surface area contributed by atoms with E-state index in [1.807, 2.05) is 0 Å². The maximum absolute atomic E-state index is 11.7. The Labute approximate surface area is 402 Å². The van der Waals surface area contributed by atoms with Crippen LogP contribution in [0.4, 0.5) is 11.4 Å². The van der Waals surface area contributed by atoms with Gasteiger partial charge in [-0.2, -0.15) is 16.8 Å². The number of rotatable bonds is 12. The molecule has 8 rings (SSSR count). The van der Waals surface area contributed by atoms with E-state index in [1.54, 1.807) is 0 Å². The van der Waals surface area contributed by atoms with Gasteiger partial charge in [0, 0.05) is 57.8 Å². The molecule has 0 radical (unpaired) electrons. The van der Waals surface area contributed by atoms with Gasteiger partial charge in [-0.15, -0.1) is 0 Å². The summed E-state index contributed by atoms with van der Waals surface area (Å²) in [7, 11) is -5.90. The predicted octanol–water partition coefficient (Wildman–Crippen LogP) is 6.43. The van der Waals surface area contributed by atoms with E-state index in [4.69, 9.17) is 0 Å². The van der Waals surface area contributed by atoms with E-state index >= 15 is 0 Å². The number of hydrogen-bond acceptors (Lipinski definition) is 7. The fourth-order valence-corrected chi connectivity index (χ4v) is 11.8. The molecule has 334 valence electrons. The molecule has 0 spiro atoms. The van der Waals surface area contributed by atoms with Gasteiger partial charge < -0.3 is 9.80 Å². The van der Waals surface area contributed by atoms with Crippen LogP contribution in [-0.2, 0) is 31.1 Å². The van der Waals surface area contributed by atoms with Crippen molar-refractivity contribution in [1.82, 2.24) is 4.90 Å². The maximum atomic E-state index is 11.7. The Balaban J connectivity index is 0.00000612. The second-order valence-electron chi connectivity index (χ2n) is 18.9. The predicted molar refractivity (Wildman–Crippen MR) is 259 cm³/mol. The van der Waals surface area contributed by atoms with Crippen molar-refractivity contribution in [2.24, 2.45) is 0 Å². The van der Waals surface area contributed by atoms with Crippen molar-refractivity contribution in [2.75, 3.05) is 67.6 Å². The van der Waals surface area contributed by atoms with Gasteiger partial charge in [0.25, 0.3) is 20.2 Å². The Morgan fingerprint density at radius 2 is 1.03 bits per heavy atom. The first-order chi connectivity index (χ1) is 29.9. The van der Waals surface area contributed by atoms with E-state index in [-0.39, 0.29) is 51.9 Å². The summed E-state index contributed by atoms with van der Waals surface area (Å²) in [5, 5.41) is 4.82. The van der Waals surface area contributed by atoms with Crippen LogP contribution in [0.15, 0.2) is 120 Å². The molecule has 2 N–H and O–H groups in total. The molecule has 4 aromatic rings. The summed E-state index contributed by atoms with van der Waals surface area (Å²) in [6, 6.07) is 25.8. The largest absolute Gasteiger partial charge is 1.00 e. The van der Waals surface area contributed by atoms with Crippen LogP contribution in [0.3, 0.4) is 0 Å². The molecule has 1 saturated heterocycles. The summed E-state index contributed by atoms with van der Waals surface area (Å²) < 4.78 is 68.2. The van der Waals surface area contributed by atoms with Crippen molar-refractivity contribution in [2.45, 2.75) is 83.5 Å². The number of benzene rings is 4. The summed E-state index contributed by atoms with van der Waals surface area (Å²) in [5.74, 6) is -0.504. The normalized spacial score (nSPS) is 21.4. The summed E-state index contributed by atoms with van der Waals surface area (Å²) >= 11 is 0. The molecule has 64 heavy (non-hydrogen) atoms. The molecule has 10 nitrogen and oxygen atoms in total. The molecular formula is C51H63N4NaO6S2+2. The standard InChI is InChI=1S/C51H62N4O6S2.Na/c1-50(2)45(54(29-10-12-35-62(56,57)58)43-25-21-37-15-6-8-19-41(37)47(43)50)27-23-39-17-14-18-40(49(39)53-33-31-52(5)32-34-53)24-28-46-51(3,4)48-42-20-9-7-16-38(42)22-26-44(48)55(46)30-11-13-36-63(59,60)61;/h6-9,15-16,19-28H,10-14,17-18,29-36H2,1-5H3,(H-,56,57,58,59,60,61);/q;+1/p+1. The summed E-state index contributed by atoms with van der Waals surface area (Å²) in [5.41, 5.74) is 10.4. The van der Waals surface area contributed by atoms with Gasteiger partial charge in [-0.1, -0.05) is 101 Å². The van der Waals surface area contributed by atoms with E-state index in [1.165, 1.54) is 60.9 Å². The zero-order valence-corrected chi connectivity index (χ0v) is 42.1. The molecule has 0 atom stereocenters. The van der Waals surface area contributed by atoms with E-state index in [0.717, 1.165) is 56.8 Å². The minimum Gasteiger partial charge on any atom is -0.344 e. The number of unbranched alkanes of at least 4 members (excludes halogenated alkanes) is 2. The number of piperazine rings is 1. The molecule has 0 unspecified atom stereocenters. The molecule has 3 aliphatic heterocycles. The van der Waals surface area contributed by atoms with Gasteiger partial charge >= 0.3 is 29.6 Å². The van der Waals surface area contributed by atoms with Crippen LogP contribution in [0.5, 0.6) is 0 Å². The van der Waals surface area contributed by atoms with Gasteiger partial charge in [-0.05, 0) is 109 Å². The molecule has 1 aliphatic carbocycles. The van der Waals surface area contributed by atoms with Crippen LogP contribution in [0, 0.1) is 0 Å². The summed E-state index contributed by atoms with van der Waals surface area (Å²) in [6.07, 6.45) is 14.2. The van der Waals surface area contributed by atoms with Gasteiger partial charge in [0.05, 0.1) is 24.6 Å². The first-order valence-corrected chi connectivity index (χ1v) is 25.8. The van der Waals surface area contributed by atoms with Crippen molar-refractivity contribution in [3.8, 4) is 0 Å². The topological polar surface area (TPSA) is 121 Å². The minimum atomic E-state index is -4.04. The summed E-state index contributed by atoms with van der Waals surface area (Å²) in [6.45, 7) is 14.3. The van der Waals surface area contributed by atoms with Crippen molar-refractivity contribution in [3.05, 3.63) is 131 Å². The summed E-state index contributed by atoms with van der Waals surface area (Å²) in [4.78, 5) is 7.13. The average molecular weight is 915 g/mol. The molecular weight excluding hydrogens is 852 g/mol. The fraction of sp³-hybridized carbons (Fsp3) is 0.431. The van der Waals surface area contributed by atoms with Crippen molar-refractivity contribution < 1.29 is 60.1 Å². The van der Waals surface area contributed by atoms with Crippen LogP contribution in [0.1, 0.15) is 83.8 Å². The molecule has 3 heterocycles. The zero-order chi connectivity index (χ0) is 44.7. The SMILES string of the molecule is CN1CC[N+](=C2C(=CC=C3N(CCCCS(=O)(=O)O)c4ccc5ccccc5c4C3(C)C)CCCC2=CC=C2N(CCCCS(=O)(=O)O)c3ccc4ccccc4c3C2(C)C)CC1.[Na+]. The number of allylic oxidation sites excluding steroid dienone is 8. The Morgan fingerprint density at radius 3 is 1.45 bits per heavy atom. The molecule has 0 aromatic heterocycles. The zero-order valence-electron chi connectivity index (χ0n) is 38.5. The van der Waals surface area contributed by atoms with Gasteiger partial charge in [-0.25, -0.2) is 4.58 Å². The van der Waals surface area contributed by atoms with Crippen molar-refractivity contribution >= 4 is 58.9 Å². The van der Waals surface area contributed by atoms with Crippen molar-refractivity contribution in [3.63, 3.8) is 0 Å². The Kier molecular flexibility index (Phi) is 14.6. The third kappa shape index (κ3) is 10.0. The van der Waals surface area contributed by atoms with Gasteiger partial charge in [0.2, 0.25) is 5.71 Å². The number of fused-ring (bicyclic) bond motifs is 6. The molecule has 13 heteroatoms. The molecule has 0 amide bonds. The monoisotopic (exact) mass is 914 g/mol. The third-order valence-corrected chi connectivity index (χ3v) is 15.4. The van der Waals surface area contributed by atoms with Gasteiger partial charge in [0.15, 0.2) is 13.1 Å². The fourth-order valence-electron chi connectivity index (χ4n) is 10.7. The number of anilines is 2. The third-order valence-electron chi connectivity index (χ3n) is 13.8. The van der Waals surface area contributed by atoms with E-state index in [9.17, 15) is 25.9 Å². The molecule has 1 saturated carbocycles. The van der Waals surface area contributed by atoms with Gasteiger partial charge in [0.1, 0.15) is 0 Å². The maximum Gasteiger partial charge on any atom is 1.00 e. The molecule has 2 fully saturated rings. The Bertz CT molecular complexity index is 2640. The first-order valence-electron chi connectivity index (χ1n) is 22.6. The Hall–Kier alpha value is -3.59. The van der Waals surface area contributed by atoms with Crippen molar-refractivity contribution in [1.29, 1.82) is 0 Å². The number of nitrogens with zero attached hydrogens (tertiary/aromatic N) is 4. The Morgan fingerprint density at radius 1 is 0.609 bits per heavy atom. The minimum absolute atomic E-state index is 0. The van der Waals surface area contributed by atoms with Crippen LogP contribution in [0.2, 0.25) is 0 Å². The smallest absolute Gasteiger partial charge is 0.344 e. The van der Waals surface area contributed by atoms with E-state index in [0.29, 0.717) is 38.8 Å². The molecule has 4 aromatic carbocycles. The van der Waals surface area contributed by atoms with Crippen LogP contribution in [0.25, 0.3) is 21.5 Å². The average Bonchev–Trinajstić information content (AvgIpc) is 3.60. The van der Waals surface area contributed by atoms with Crippen LogP contribution < -0.4 is 39.4 Å². The second-order valence-corrected chi connectivity index (χ2v) is 22.0. The van der Waals surface area contributed by atoms with Crippen LogP contribution >= 0.6 is 0 Å². The number of likely N-dealkylation sites (N-methyl/N-ethyl adjacent to an activating group) is 1. The van der Waals surface area contributed by atoms with Gasteiger partial charge in [-0.3, -0.25) is 14.0 Å².